The molecule has 1 amide bonds. The molecule has 0 spiro atoms. The van der Waals surface area contributed by atoms with Gasteiger partial charge in [-0.25, -0.2) is 4.98 Å². The molecule has 0 aliphatic carbocycles. The van der Waals surface area contributed by atoms with Crippen molar-refractivity contribution in [3.8, 4) is 5.69 Å². The maximum absolute atomic E-state index is 12.8. The summed E-state index contributed by atoms with van der Waals surface area (Å²) < 4.78 is 6.41. The minimum atomic E-state index is -0.344. The molecule has 0 atom stereocenters. The number of para-hydroxylation sites is 1. The Bertz CT molecular complexity index is 1220. The van der Waals surface area contributed by atoms with E-state index in [2.05, 4.69) is 20.5 Å². The van der Waals surface area contributed by atoms with Crippen LogP contribution in [0.25, 0.3) is 16.6 Å². The first-order chi connectivity index (χ1) is 13.7. The van der Waals surface area contributed by atoms with E-state index >= 15 is 0 Å². The van der Waals surface area contributed by atoms with E-state index in [0.717, 1.165) is 0 Å². The summed E-state index contributed by atoms with van der Waals surface area (Å²) in [4.78, 5) is 29.6. The monoisotopic (exact) mass is 393 g/mol. The zero-order chi connectivity index (χ0) is 19.5. The fourth-order valence-corrected chi connectivity index (χ4v) is 3.41. The third-order valence-corrected chi connectivity index (χ3v) is 4.82. The van der Waals surface area contributed by atoms with E-state index in [4.69, 9.17) is 4.74 Å². The number of ether oxygens (including phenoxy) is 1. The van der Waals surface area contributed by atoms with Crippen LogP contribution in [0.1, 0.15) is 15.4 Å². The van der Waals surface area contributed by atoms with E-state index in [1.807, 2.05) is 6.07 Å². The SMILES string of the molecule is COCc1nnc(NC(=O)c2cccc(-n3cnc4ccccc4c3=O)c2)s1. The van der Waals surface area contributed by atoms with E-state index < -0.39 is 0 Å². The van der Waals surface area contributed by atoms with E-state index in [1.54, 1.807) is 49.6 Å². The Labute approximate surface area is 163 Å². The predicted molar refractivity (Wildman–Crippen MR) is 106 cm³/mol. The van der Waals surface area contributed by atoms with Crippen molar-refractivity contribution in [3.63, 3.8) is 0 Å². The summed E-state index contributed by atoms with van der Waals surface area (Å²) in [6, 6.07) is 13.9. The Balaban J connectivity index is 1.63. The van der Waals surface area contributed by atoms with Gasteiger partial charge in [0.2, 0.25) is 5.13 Å². The van der Waals surface area contributed by atoms with E-state index in [-0.39, 0.29) is 11.5 Å². The maximum Gasteiger partial charge on any atom is 0.265 e. The molecule has 1 N–H and O–H groups in total. The van der Waals surface area contributed by atoms with E-state index in [1.165, 1.54) is 22.2 Å². The lowest BCUT2D eigenvalue weighted by molar-refractivity contribution is 0.102. The predicted octanol–water partition coefficient (Wildman–Crippen LogP) is 2.64. The summed E-state index contributed by atoms with van der Waals surface area (Å²) in [6.45, 7) is 0.334. The summed E-state index contributed by atoms with van der Waals surface area (Å²) >= 11 is 1.24. The number of rotatable bonds is 5. The molecule has 2 aromatic carbocycles. The Morgan fingerprint density at radius 1 is 1.18 bits per heavy atom. The lowest BCUT2D eigenvalue weighted by Gasteiger charge is -2.08. The lowest BCUT2D eigenvalue weighted by atomic mass is 10.2. The van der Waals surface area contributed by atoms with Gasteiger partial charge in [0.1, 0.15) is 17.9 Å². The molecule has 0 saturated heterocycles. The number of amides is 1. The minimum absolute atomic E-state index is 0.198. The molecule has 9 heteroatoms. The minimum Gasteiger partial charge on any atom is -0.377 e. The quantitative estimate of drug-likeness (QED) is 0.560. The number of carbonyl (C=O) groups excluding carboxylic acids is 1. The Morgan fingerprint density at radius 2 is 2.04 bits per heavy atom. The summed E-state index contributed by atoms with van der Waals surface area (Å²) in [5, 5.41) is 12.1. The molecule has 28 heavy (non-hydrogen) atoms. The standard InChI is InChI=1S/C19H15N5O3S/c1-27-10-16-22-23-19(28-16)21-17(25)12-5-4-6-13(9-12)24-11-20-15-8-3-2-7-14(15)18(24)26/h2-9,11H,10H2,1H3,(H,21,23,25). The van der Waals surface area contributed by atoms with Gasteiger partial charge in [-0.2, -0.15) is 0 Å². The number of methoxy groups -OCH3 is 1. The number of hydrogen-bond donors (Lipinski definition) is 1. The van der Waals surface area contributed by atoms with Crippen molar-refractivity contribution in [1.29, 1.82) is 0 Å². The van der Waals surface area contributed by atoms with Crippen LogP contribution in [-0.4, -0.2) is 32.8 Å². The van der Waals surface area contributed by atoms with Gasteiger partial charge >= 0.3 is 0 Å². The Kier molecular flexibility index (Phi) is 4.92. The first-order valence-corrected chi connectivity index (χ1v) is 9.17. The molecule has 0 aliphatic rings. The van der Waals surface area contributed by atoms with Gasteiger partial charge in [-0.3, -0.25) is 19.5 Å². The van der Waals surface area contributed by atoms with Gasteiger partial charge in [-0.1, -0.05) is 29.5 Å². The molecule has 0 radical (unpaired) electrons. The van der Waals surface area contributed by atoms with Crippen LogP contribution in [0.2, 0.25) is 0 Å². The molecular formula is C19H15N5O3S. The van der Waals surface area contributed by atoms with Crippen molar-refractivity contribution in [3.05, 3.63) is 75.8 Å². The number of nitrogens with zero attached hydrogens (tertiary/aromatic N) is 4. The average Bonchev–Trinajstić information content (AvgIpc) is 3.16. The normalized spacial score (nSPS) is 10.9. The molecule has 0 fully saturated rings. The molecule has 2 heterocycles. The highest BCUT2D eigenvalue weighted by molar-refractivity contribution is 7.15. The fraction of sp³-hybridized carbons (Fsp3) is 0.105. The van der Waals surface area contributed by atoms with Crippen molar-refractivity contribution in [2.24, 2.45) is 0 Å². The Hall–Kier alpha value is -3.43. The van der Waals surface area contributed by atoms with Gasteiger partial charge in [0, 0.05) is 12.7 Å². The van der Waals surface area contributed by atoms with Crippen LogP contribution in [0.3, 0.4) is 0 Å². The second-order valence-corrected chi connectivity index (χ2v) is 6.94. The third-order valence-electron chi connectivity index (χ3n) is 4.01. The highest BCUT2D eigenvalue weighted by Crippen LogP contribution is 2.18. The first-order valence-electron chi connectivity index (χ1n) is 8.35. The molecule has 4 rings (SSSR count). The van der Waals surface area contributed by atoms with Gasteiger partial charge < -0.3 is 4.74 Å². The van der Waals surface area contributed by atoms with Crippen molar-refractivity contribution in [2.45, 2.75) is 6.61 Å². The number of hydrogen-bond acceptors (Lipinski definition) is 7. The van der Waals surface area contributed by atoms with Crippen molar-refractivity contribution in [2.75, 3.05) is 12.4 Å². The molecule has 4 aromatic rings. The topological polar surface area (TPSA) is 99.0 Å². The summed E-state index contributed by atoms with van der Waals surface area (Å²) in [7, 11) is 1.56. The summed E-state index contributed by atoms with van der Waals surface area (Å²) in [5.41, 5.74) is 1.37. The van der Waals surface area contributed by atoms with Gasteiger partial charge in [-0.15, -0.1) is 10.2 Å². The molecule has 140 valence electrons. The van der Waals surface area contributed by atoms with Crippen LogP contribution < -0.4 is 10.9 Å². The number of carbonyl (C=O) groups is 1. The molecule has 0 unspecified atom stereocenters. The van der Waals surface area contributed by atoms with E-state index in [0.29, 0.717) is 38.9 Å². The molecule has 8 nitrogen and oxygen atoms in total. The smallest absolute Gasteiger partial charge is 0.265 e. The molecule has 0 saturated carbocycles. The Morgan fingerprint density at radius 3 is 2.89 bits per heavy atom. The summed E-state index contributed by atoms with van der Waals surface area (Å²) in [6.07, 6.45) is 1.46. The summed E-state index contributed by atoms with van der Waals surface area (Å²) in [5.74, 6) is -0.344. The zero-order valence-electron chi connectivity index (χ0n) is 14.8. The van der Waals surface area contributed by atoms with Gasteiger partial charge in [0.25, 0.3) is 11.5 Å². The van der Waals surface area contributed by atoms with Crippen LogP contribution in [0.4, 0.5) is 5.13 Å². The van der Waals surface area contributed by atoms with Gasteiger partial charge in [0.15, 0.2) is 0 Å². The number of aromatic nitrogens is 4. The highest BCUT2D eigenvalue weighted by atomic mass is 32.1. The molecular weight excluding hydrogens is 378 g/mol. The van der Waals surface area contributed by atoms with Crippen molar-refractivity contribution in [1.82, 2.24) is 19.7 Å². The van der Waals surface area contributed by atoms with Crippen LogP contribution in [-0.2, 0) is 11.3 Å². The van der Waals surface area contributed by atoms with E-state index in [9.17, 15) is 9.59 Å². The highest BCUT2D eigenvalue weighted by Gasteiger charge is 2.12. The zero-order valence-corrected chi connectivity index (χ0v) is 15.6. The second-order valence-electron chi connectivity index (χ2n) is 5.88. The van der Waals surface area contributed by atoms with Gasteiger partial charge in [0.05, 0.1) is 16.6 Å². The van der Waals surface area contributed by atoms with Crippen LogP contribution in [0, 0.1) is 0 Å². The van der Waals surface area contributed by atoms with Crippen molar-refractivity contribution < 1.29 is 9.53 Å². The van der Waals surface area contributed by atoms with Crippen LogP contribution in [0.15, 0.2) is 59.7 Å². The fourth-order valence-electron chi connectivity index (χ4n) is 2.71. The van der Waals surface area contributed by atoms with Crippen molar-refractivity contribution >= 4 is 33.3 Å². The number of fused-ring (bicyclic) bond motifs is 1. The van der Waals surface area contributed by atoms with Crippen LogP contribution >= 0.6 is 11.3 Å². The molecule has 0 aliphatic heterocycles. The number of anilines is 1. The second kappa shape index (κ2) is 7.67. The first kappa shape index (κ1) is 18.0. The lowest BCUT2D eigenvalue weighted by Crippen LogP contribution is -2.19. The molecule has 0 bridgehead atoms. The van der Waals surface area contributed by atoms with Crippen LogP contribution in [0.5, 0.6) is 0 Å². The maximum atomic E-state index is 12.8. The average molecular weight is 393 g/mol. The van der Waals surface area contributed by atoms with Gasteiger partial charge in [-0.05, 0) is 30.3 Å². The number of nitrogens with one attached hydrogen (secondary N) is 1. The third kappa shape index (κ3) is 3.53. The molecule has 2 aromatic heterocycles. The largest absolute Gasteiger partial charge is 0.377 e. The number of benzene rings is 2.